The van der Waals surface area contributed by atoms with Gasteiger partial charge < -0.3 is 4.74 Å². The van der Waals surface area contributed by atoms with E-state index >= 15 is 0 Å². The zero-order chi connectivity index (χ0) is 23.8. The molecule has 0 aromatic heterocycles. The maximum absolute atomic E-state index is 10.8. The molecule has 0 aliphatic carbocycles. The van der Waals surface area contributed by atoms with Crippen LogP contribution >= 0.6 is 0 Å². The minimum absolute atomic E-state index is 0.0876. The number of rotatable bonds is 14. The van der Waals surface area contributed by atoms with Crippen molar-refractivity contribution in [2.45, 2.75) is 105 Å². The molecular formula is C30H46O2. The van der Waals surface area contributed by atoms with Crippen molar-refractivity contribution in [1.82, 2.24) is 0 Å². The molecule has 0 N–H and O–H groups in total. The van der Waals surface area contributed by atoms with Crippen molar-refractivity contribution in [3.05, 3.63) is 70.4 Å². The Hall–Kier alpha value is -1.93. The zero-order valence-electron chi connectivity index (χ0n) is 21.3. The van der Waals surface area contributed by atoms with Crippen molar-refractivity contribution in [1.29, 1.82) is 0 Å². The number of unbranched alkanes of at least 4 members (excludes halogenated alkanes) is 1. The highest BCUT2D eigenvalue weighted by Crippen LogP contribution is 2.23. The SMILES string of the molecule is C=C(C=O)[C@H]1CC/C(=C/CC/C(C)=C/CC/C=C(\C)CC/C=C(\C)CCC=C(C)C)CO1. The summed E-state index contributed by atoms with van der Waals surface area (Å²) >= 11 is 0. The molecule has 1 saturated heterocycles. The van der Waals surface area contributed by atoms with E-state index in [4.69, 9.17) is 4.74 Å². The molecule has 0 amide bonds. The standard InChI is InChI=1S/C30H46O2/c1-24(2)12-9-15-27(5)17-10-16-25(3)13-7-8-14-26(4)18-11-19-29-20-21-30(32-23-29)28(6)22-31/h12-14,17,19,22,30H,6-11,15-16,18,20-21,23H2,1-5H3/b25-13+,26-14+,27-17+,29-19-/t30-/m1/s1. The Balaban J connectivity index is 2.21. The van der Waals surface area contributed by atoms with Gasteiger partial charge in [-0.15, -0.1) is 0 Å². The van der Waals surface area contributed by atoms with Crippen LogP contribution in [0, 0.1) is 0 Å². The van der Waals surface area contributed by atoms with Crippen molar-refractivity contribution >= 4 is 6.29 Å². The van der Waals surface area contributed by atoms with Crippen LogP contribution in [0.4, 0.5) is 0 Å². The average molecular weight is 439 g/mol. The Morgan fingerprint density at radius 2 is 1.38 bits per heavy atom. The van der Waals surface area contributed by atoms with Crippen LogP contribution in [-0.2, 0) is 9.53 Å². The van der Waals surface area contributed by atoms with E-state index in [1.54, 1.807) is 0 Å². The van der Waals surface area contributed by atoms with Crippen LogP contribution in [-0.4, -0.2) is 19.0 Å². The number of aldehydes is 1. The normalized spacial score (nSPS) is 19.2. The van der Waals surface area contributed by atoms with Crippen LogP contribution in [0.25, 0.3) is 0 Å². The van der Waals surface area contributed by atoms with E-state index in [9.17, 15) is 4.79 Å². The van der Waals surface area contributed by atoms with Gasteiger partial charge in [0.25, 0.3) is 0 Å². The van der Waals surface area contributed by atoms with Gasteiger partial charge in [0.1, 0.15) is 6.29 Å². The molecule has 0 saturated carbocycles. The van der Waals surface area contributed by atoms with Crippen LogP contribution in [0.2, 0.25) is 0 Å². The summed E-state index contributed by atoms with van der Waals surface area (Å²) in [4.78, 5) is 10.8. The molecule has 178 valence electrons. The summed E-state index contributed by atoms with van der Waals surface area (Å²) in [6, 6.07) is 0. The summed E-state index contributed by atoms with van der Waals surface area (Å²) < 4.78 is 5.74. The van der Waals surface area contributed by atoms with Crippen molar-refractivity contribution in [3.63, 3.8) is 0 Å². The van der Waals surface area contributed by atoms with Gasteiger partial charge in [-0.25, -0.2) is 0 Å². The Bertz CT molecular complexity index is 729. The highest BCUT2D eigenvalue weighted by Gasteiger charge is 2.18. The first kappa shape index (κ1) is 28.1. The maximum Gasteiger partial charge on any atom is 0.148 e. The molecule has 0 unspecified atom stereocenters. The second kappa shape index (κ2) is 16.7. The fourth-order valence-electron chi connectivity index (χ4n) is 3.81. The molecule has 0 aromatic rings. The van der Waals surface area contributed by atoms with Crippen molar-refractivity contribution in [2.75, 3.05) is 6.61 Å². The van der Waals surface area contributed by atoms with Gasteiger partial charge in [0.2, 0.25) is 0 Å². The minimum atomic E-state index is -0.0876. The predicted octanol–water partition coefficient (Wildman–Crippen LogP) is 8.77. The van der Waals surface area contributed by atoms with Gasteiger partial charge in [-0.1, -0.05) is 59.3 Å². The summed E-state index contributed by atoms with van der Waals surface area (Å²) in [5.74, 6) is 0. The lowest BCUT2D eigenvalue weighted by molar-refractivity contribution is -0.106. The molecule has 1 atom stereocenters. The number of ether oxygens (including phenoxy) is 1. The molecule has 2 nitrogen and oxygen atoms in total. The van der Waals surface area contributed by atoms with Gasteiger partial charge in [-0.2, -0.15) is 0 Å². The highest BCUT2D eigenvalue weighted by atomic mass is 16.5. The van der Waals surface area contributed by atoms with Gasteiger partial charge in [0.05, 0.1) is 12.7 Å². The topological polar surface area (TPSA) is 26.3 Å². The van der Waals surface area contributed by atoms with Gasteiger partial charge in [0, 0.05) is 5.57 Å². The summed E-state index contributed by atoms with van der Waals surface area (Å²) in [5, 5.41) is 0. The molecule has 0 aromatic carbocycles. The molecule has 32 heavy (non-hydrogen) atoms. The Labute approximate surface area is 197 Å². The minimum Gasteiger partial charge on any atom is -0.369 e. The second-order valence-electron chi connectivity index (χ2n) is 9.52. The van der Waals surface area contributed by atoms with E-state index in [0.29, 0.717) is 12.2 Å². The average Bonchev–Trinajstić information content (AvgIpc) is 2.76. The van der Waals surface area contributed by atoms with Gasteiger partial charge in [-0.05, 0) is 104 Å². The third kappa shape index (κ3) is 13.5. The monoisotopic (exact) mass is 438 g/mol. The maximum atomic E-state index is 10.8. The number of hydrogen-bond acceptors (Lipinski definition) is 2. The molecule has 1 aliphatic heterocycles. The predicted molar refractivity (Wildman–Crippen MR) is 140 cm³/mol. The van der Waals surface area contributed by atoms with Gasteiger partial charge >= 0.3 is 0 Å². The Morgan fingerprint density at radius 1 is 0.844 bits per heavy atom. The molecule has 0 bridgehead atoms. The summed E-state index contributed by atoms with van der Waals surface area (Å²) in [7, 11) is 0. The van der Waals surface area contributed by atoms with Crippen molar-refractivity contribution in [3.8, 4) is 0 Å². The highest BCUT2D eigenvalue weighted by molar-refractivity contribution is 5.73. The van der Waals surface area contributed by atoms with Crippen molar-refractivity contribution < 1.29 is 9.53 Å². The Kier molecular flexibility index (Phi) is 14.6. The first-order valence-corrected chi connectivity index (χ1v) is 12.4. The summed E-state index contributed by atoms with van der Waals surface area (Å²) in [6.45, 7) is 15.5. The number of carbonyl (C=O) groups is 1. The third-order valence-electron chi connectivity index (χ3n) is 6.01. The lowest BCUT2D eigenvalue weighted by Crippen LogP contribution is -2.23. The van der Waals surface area contributed by atoms with E-state index in [-0.39, 0.29) is 6.10 Å². The molecule has 1 heterocycles. The lowest BCUT2D eigenvalue weighted by Gasteiger charge is -2.24. The first-order chi connectivity index (χ1) is 15.3. The molecule has 0 spiro atoms. The first-order valence-electron chi connectivity index (χ1n) is 12.4. The van der Waals surface area contributed by atoms with E-state index < -0.39 is 0 Å². The Morgan fingerprint density at radius 3 is 1.88 bits per heavy atom. The smallest absolute Gasteiger partial charge is 0.148 e. The van der Waals surface area contributed by atoms with E-state index in [2.05, 4.69) is 71.6 Å². The summed E-state index contributed by atoms with van der Waals surface area (Å²) in [5.41, 5.74) is 7.80. The molecule has 1 rings (SSSR count). The van der Waals surface area contributed by atoms with E-state index in [1.807, 2.05) is 0 Å². The van der Waals surface area contributed by atoms with Crippen LogP contribution in [0.15, 0.2) is 70.4 Å². The van der Waals surface area contributed by atoms with Crippen LogP contribution < -0.4 is 0 Å². The van der Waals surface area contributed by atoms with Crippen LogP contribution in [0.1, 0.15) is 98.8 Å². The fourth-order valence-corrected chi connectivity index (χ4v) is 3.81. The van der Waals surface area contributed by atoms with Crippen LogP contribution in [0.3, 0.4) is 0 Å². The fraction of sp³-hybridized carbons (Fsp3) is 0.567. The zero-order valence-corrected chi connectivity index (χ0v) is 21.3. The van der Waals surface area contributed by atoms with Crippen LogP contribution in [0.5, 0.6) is 0 Å². The molecule has 1 fully saturated rings. The second-order valence-corrected chi connectivity index (χ2v) is 9.52. The third-order valence-corrected chi connectivity index (χ3v) is 6.01. The summed E-state index contributed by atoms with van der Waals surface area (Å²) in [6.07, 6.45) is 23.5. The quantitative estimate of drug-likeness (QED) is 0.117. The number of allylic oxidation sites excluding steroid dienone is 9. The lowest BCUT2D eigenvalue weighted by atomic mass is 9.98. The van der Waals surface area contributed by atoms with Crippen molar-refractivity contribution in [2.24, 2.45) is 0 Å². The largest absolute Gasteiger partial charge is 0.369 e. The molecule has 0 radical (unpaired) electrons. The van der Waals surface area contributed by atoms with E-state index in [0.717, 1.165) is 57.7 Å². The molecule has 2 heteroatoms. The number of carbonyl (C=O) groups excluding carboxylic acids is 1. The molecular weight excluding hydrogens is 392 g/mol. The number of hydrogen-bond donors (Lipinski definition) is 0. The van der Waals surface area contributed by atoms with E-state index in [1.165, 1.54) is 40.7 Å². The van der Waals surface area contributed by atoms with Gasteiger partial charge in [-0.3, -0.25) is 4.79 Å². The molecule has 1 aliphatic rings. The van der Waals surface area contributed by atoms with Gasteiger partial charge in [0.15, 0.2) is 0 Å².